The average Bonchev–Trinajstić information content (AvgIpc) is 3.36. The summed E-state index contributed by atoms with van der Waals surface area (Å²) in [6.07, 6.45) is 9.53. The number of ether oxygens (including phenoxy) is 1. The average molecular weight is 371 g/mol. The second-order valence-electron chi connectivity index (χ2n) is 7.87. The molecule has 0 radical (unpaired) electrons. The van der Waals surface area contributed by atoms with Gasteiger partial charge in [-0.3, -0.25) is 4.90 Å². The molecule has 138 valence electrons. The SMILES string of the molecule is c1c(OCC2CCN(Cc3nc4c(s3)CCC4)CC2)nnc2c1CCC2. The van der Waals surface area contributed by atoms with Gasteiger partial charge >= 0.3 is 0 Å². The third-order valence-corrected chi connectivity index (χ3v) is 7.11. The summed E-state index contributed by atoms with van der Waals surface area (Å²) in [7, 11) is 0. The van der Waals surface area contributed by atoms with Gasteiger partial charge in [-0.15, -0.1) is 16.4 Å². The molecule has 2 aromatic heterocycles. The largest absolute Gasteiger partial charge is 0.476 e. The summed E-state index contributed by atoms with van der Waals surface area (Å²) in [4.78, 5) is 8.94. The lowest BCUT2D eigenvalue weighted by Gasteiger charge is -2.31. The Morgan fingerprint density at radius 2 is 1.88 bits per heavy atom. The number of aryl methyl sites for hydroxylation is 4. The second kappa shape index (κ2) is 7.24. The third-order valence-electron chi connectivity index (χ3n) is 5.97. The Labute approximate surface area is 158 Å². The minimum atomic E-state index is 0.627. The molecule has 1 aliphatic heterocycles. The Morgan fingerprint density at radius 1 is 1.04 bits per heavy atom. The van der Waals surface area contributed by atoms with Gasteiger partial charge in [0.05, 0.1) is 24.5 Å². The molecule has 2 aliphatic carbocycles. The summed E-state index contributed by atoms with van der Waals surface area (Å²) in [5.41, 5.74) is 3.88. The summed E-state index contributed by atoms with van der Waals surface area (Å²) in [6, 6.07) is 2.10. The molecule has 5 rings (SSSR count). The van der Waals surface area contributed by atoms with Crippen LogP contribution >= 0.6 is 11.3 Å². The smallest absolute Gasteiger partial charge is 0.233 e. The van der Waals surface area contributed by atoms with Gasteiger partial charge in [0.25, 0.3) is 0 Å². The van der Waals surface area contributed by atoms with Crippen LogP contribution in [0.15, 0.2) is 6.07 Å². The first-order valence-corrected chi connectivity index (χ1v) is 10.8. The normalized spacial score (nSPS) is 20.3. The first-order valence-electron chi connectivity index (χ1n) is 10.0. The summed E-state index contributed by atoms with van der Waals surface area (Å²) in [6.45, 7) is 4.09. The van der Waals surface area contributed by atoms with Crippen molar-refractivity contribution in [3.8, 4) is 5.88 Å². The second-order valence-corrected chi connectivity index (χ2v) is 9.04. The molecule has 0 saturated carbocycles. The van der Waals surface area contributed by atoms with Crippen molar-refractivity contribution in [3.63, 3.8) is 0 Å². The minimum absolute atomic E-state index is 0.627. The maximum atomic E-state index is 5.96. The highest BCUT2D eigenvalue weighted by Crippen LogP contribution is 2.29. The number of thiazole rings is 1. The molecule has 6 heteroatoms. The molecule has 0 spiro atoms. The van der Waals surface area contributed by atoms with Gasteiger partial charge in [0.2, 0.25) is 5.88 Å². The van der Waals surface area contributed by atoms with Crippen molar-refractivity contribution in [3.05, 3.63) is 32.9 Å². The van der Waals surface area contributed by atoms with E-state index in [0.29, 0.717) is 11.8 Å². The van der Waals surface area contributed by atoms with E-state index in [1.807, 2.05) is 11.3 Å². The van der Waals surface area contributed by atoms with Crippen LogP contribution < -0.4 is 4.74 Å². The van der Waals surface area contributed by atoms with Crippen LogP contribution in [0.4, 0.5) is 0 Å². The Bertz CT molecular complexity index is 761. The summed E-state index contributed by atoms with van der Waals surface area (Å²) in [5, 5.41) is 9.87. The lowest BCUT2D eigenvalue weighted by molar-refractivity contribution is 0.134. The van der Waals surface area contributed by atoms with Gasteiger partial charge in [-0.25, -0.2) is 4.98 Å². The summed E-state index contributed by atoms with van der Waals surface area (Å²) >= 11 is 1.94. The van der Waals surface area contributed by atoms with Gasteiger partial charge in [-0.2, -0.15) is 5.10 Å². The van der Waals surface area contributed by atoms with E-state index in [0.717, 1.165) is 39.1 Å². The molecule has 0 unspecified atom stereocenters. The highest BCUT2D eigenvalue weighted by Gasteiger charge is 2.23. The number of piperidine rings is 1. The van der Waals surface area contributed by atoms with Gasteiger partial charge in [0.1, 0.15) is 5.01 Å². The summed E-state index contributed by atoms with van der Waals surface area (Å²) in [5.74, 6) is 1.34. The van der Waals surface area contributed by atoms with Gasteiger partial charge < -0.3 is 4.74 Å². The van der Waals surface area contributed by atoms with E-state index in [1.165, 1.54) is 60.5 Å². The van der Waals surface area contributed by atoms with Crippen LogP contribution in [0.2, 0.25) is 0 Å². The lowest BCUT2D eigenvalue weighted by atomic mass is 9.98. The number of rotatable bonds is 5. The van der Waals surface area contributed by atoms with Crippen LogP contribution in [-0.2, 0) is 32.2 Å². The van der Waals surface area contributed by atoms with Crippen molar-refractivity contribution in [2.24, 2.45) is 5.92 Å². The van der Waals surface area contributed by atoms with Crippen molar-refractivity contribution in [2.45, 2.75) is 57.9 Å². The first kappa shape index (κ1) is 16.6. The minimum Gasteiger partial charge on any atom is -0.476 e. The molecular formula is C20H26N4OS. The Kier molecular flexibility index (Phi) is 4.63. The van der Waals surface area contributed by atoms with Gasteiger partial charge in [-0.05, 0) is 75.9 Å². The Hall–Kier alpha value is -1.53. The molecule has 26 heavy (non-hydrogen) atoms. The number of fused-ring (bicyclic) bond motifs is 2. The number of nitrogens with zero attached hydrogens (tertiary/aromatic N) is 4. The molecule has 0 amide bonds. The third kappa shape index (κ3) is 3.49. The van der Waals surface area contributed by atoms with Crippen LogP contribution in [0.5, 0.6) is 5.88 Å². The van der Waals surface area contributed by atoms with E-state index >= 15 is 0 Å². The fraction of sp³-hybridized carbons (Fsp3) is 0.650. The van der Waals surface area contributed by atoms with Crippen LogP contribution in [-0.4, -0.2) is 39.8 Å². The van der Waals surface area contributed by atoms with E-state index < -0.39 is 0 Å². The topological polar surface area (TPSA) is 51.1 Å². The quantitative estimate of drug-likeness (QED) is 0.809. The van der Waals surface area contributed by atoms with Crippen LogP contribution in [0, 0.1) is 5.92 Å². The van der Waals surface area contributed by atoms with Crippen molar-refractivity contribution in [2.75, 3.05) is 19.7 Å². The zero-order valence-electron chi connectivity index (χ0n) is 15.2. The fourth-order valence-electron chi connectivity index (χ4n) is 4.40. The van der Waals surface area contributed by atoms with Gasteiger partial charge in [-0.1, -0.05) is 0 Å². The van der Waals surface area contributed by atoms with Crippen molar-refractivity contribution in [1.29, 1.82) is 0 Å². The summed E-state index contributed by atoms with van der Waals surface area (Å²) < 4.78 is 5.96. The lowest BCUT2D eigenvalue weighted by Crippen LogP contribution is -2.35. The monoisotopic (exact) mass is 370 g/mol. The van der Waals surface area contributed by atoms with Gasteiger partial charge in [0.15, 0.2) is 0 Å². The van der Waals surface area contributed by atoms with E-state index in [4.69, 9.17) is 9.72 Å². The van der Waals surface area contributed by atoms with Crippen LogP contribution in [0.3, 0.4) is 0 Å². The molecule has 1 saturated heterocycles. The van der Waals surface area contributed by atoms with E-state index in [-0.39, 0.29) is 0 Å². The van der Waals surface area contributed by atoms with Crippen molar-refractivity contribution < 1.29 is 4.74 Å². The molecule has 0 N–H and O–H groups in total. The fourth-order valence-corrected chi connectivity index (χ4v) is 5.60. The highest BCUT2D eigenvalue weighted by molar-refractivity contribution is 7.11. The molecule has 0 aromatic carbocycles. The number of hydrogen-bond acceptors (Lipinski definition) is 6. The molecule has 1 fully saturated rings. The van der Waals surface area contributed by atoms with E-state index in [1.54, 1.807) is 4.88 Å². The molecule has 3 heterocycles. The van der Waals surface area contributed by atoms with Crippen molar-refractivity contribution >= 4 is 11.3 Å². The molecule has 5 nitrogen and oxygen atoms in total. The highest BCUT2D eigenvalue weighted by atomic mass is 32.1. The molecular weight excluding hydrogens is 344 g/mol. The standard InChI is InChI=1S/C20H26N4OS/c1-3-15-11-19(23-22-16(15)4-1)25-13-14-7-9-24(10-8-14)12-20-21-17-5-2-6-18(17)26-20/h11,14H,1-10,12-13H2. The maximum absolute atomic E-state index is 5.96. The molecule has 3 aliphatic rings. The number of aromatic nitrogens is 3. The van der Waals surface area contributed by atoms with Crippen LogP contribution in [0.25, 0.3) is 0 Å². The van der Waals surface area contributed by atoms with Crippen molar-refractivity contribution in [1.82, 2.24) is 20.1 Å². The van der Waals surface area contributed by atoms with Crippen LogP contribution in [0.1, 0.15) is 52.5 Å². The zero-order chi connectivity index (χ0) is 17.3. The predicted molar refractivity (Wildman–Crippen MR) is 102 cm³/mol. The van der Waals surface area contributed by atoms with E-state index in [2.05, 4.69) is 21.2 Å². The number of likely N-dealkylation sites (tertiary alicyclic amines) is 1. The molecule has 0 atom stereocenters. The van der Waals surface area contributed by atoms with E-state index in [9.17, 15) is 0 Å². The van der Waals surface area contributed by atoms with Gasteiger partial charge in [0, 0.05) is 10.9 Å². The predicted octanol–water partition coefficient (Wildman–Crippen LogP) is 3.20. The molecule has 0 bridgehead atoms. The first-order chi connectivity index (χ1) is 12.8. The molecule has 2 aromatic rings. The maximum Gasteiger partial charge on any atom is 0.233 e. The number of hydrogen-bond donors (Lipinski definition) is 0. The zero-order valence-corrected chi connectivity index (χ0v) is 16.1. The Morgan fingerprint density at radius 3 is 2.77 bits per heavy atom. The Balaban J connectivity index is 1.09.